The van der Waals surface area contributed by atoms with Crippen LogP contribution in [-0.2, 0) is 0 Å². The molecular formula is C10H21NOS. The number of thioether (sulfide) groups is 1. The predicted octanol–water partition coefficient (Wildman–Crippen LogP) is 1.62. The zero-order valence-corrected chi connectivity index (χ0v) is 9.28. The monoisotopic (exact) mass is 203 g/mol. The van der Waals surface area contributed by atoms with Gasteiger partial charge in [-0.3, -0.25) is 0 Å². The van der Waals surface area contributed by atoms with E-state index >= 15 is 0 Å². The van der Waals surface area contributed by atoms with E-state index in [9.17, 15) is 5.11 Å². The molecule has 13 heavy (non-hydrogen) atoms. The molecule has 0 radical (unpaired) electrons. The Bertz CT molecular complexity index is 154. The van der Waals surface area contributed by atoms with Gasteiger partial charge in [0.05, 0.1) is 6.10 Å². The number of rotatable bonds is 5. The molecule has 0 aliphatic heterocycles. The van der Waals surface area contributed by atoms with Crippen molar-refractivity contribution in [1.82, 2.24) is 0 Å². The Hall–Kier alpha value is 0.270. The van der Waals surface area contributed by atoms with Crippen molar-refractivity contribution in [3.8, 4) is 0 Å². The molecule has 0 aromatic heterocycles. The molecule has 2 nitrogen and oxygen atoms in total. The van der Waals surface area contributed by atoms with Gasteiger partial charge in [-0.25, -0.2) is 0 Å². The first-order valence-corrected chi connectivity index (χ1v) is 6.36. The molecule has 0 amide bonds. The number of hydrogen-bond donors (Lipinski definition) is 2. The standard InChI is InChI=1S/C10H21NOS/c1-2-13-7-6-10(8-11)5-3-4-9(10)12/h9,12H,2-8,11H2,1H3. The van der Waals surface area contributed by atoms with E-state index in [-0.39, 0.29) is 11.5 Å². The highest BCUT2D eigenvalue weighted by Crippen LogP contribution is 2.41. The van der Waals surface area contributed by atoms with E-state index in [0.29, 0.717) is 6.54 Å². The van der Waals surface area contributed by atoms with E-state index in [1.807, 2.05) is 11.8 Å². The predicted molar refractivity (Wildman–Crippen MR) is 59.0 cm³/mol. The summed E-state index contributed by atoms with van der Waals surface area (Å²) in [6.07, 6.45) is 4.16. The van der Waals surface area contributed by atoms with Crippen LogP contribution in [0.1, 0.15) is 32.6 Å². The molecule has 0 saturated heterocycles. The first-order chi connectivity index (χ1) is 6.25. The zero-order chi connectivity index (χ0) is 9.73. The van der Waals surface area contributed by atoms with Crippen molar-refractivity contribution in [3.05, 3.63) is 0 Å². The van der Waals surface area contributed by atoms with Gasteiger partial charge in [-0.05, 0) is 30.8 Å². The second-order valence-corrected chi connectivity index (χ2v) is 5.32. The summed E-state index contributed by atoms with van der Waals surface area (Å²) in [4.78, 5) is 0. The lowest BCUT2D eigenvalue weighted by Gasteiger charge is -2.31. The Labute approximate surface area is 85.3 Å². The van der Waals surface area contributed by atoms with Gasteiger partial charge in [0.1, 0.15) is 0 Å². The van der Waals surface area contributed by atoms with Crippen molar-refractivity contribution in [3.63, 3.8) is 0 Å². The van der Waals surface area contributed by atoms with Crippen LogP contribution in [0.5, 0.6) is 0 Å². The summed E-state index contributed by atoms with van der Waals surface area (Å²) in [6, 6.07) is 0. The molecule has 3 N–H and O–H groups in total. The third-order valence-electron chi connectivity index (χ3n) is 3.21. The minimum atomic E-state index is -0.144. The number of nitrogens with two attached hydrogens (primary N) is 1. The Morgan fingerprint density at radius 3 is 2.85 bits per heavy atom. The van der Waals surface area contributed by atoms with Crippen LogP contribution >= 0.6 is 11.8 Å². The van der Waals surface area contributed by atoms with Gasteiger partial charge in [0, 0.05) is 12.0 Å². The summed E-state index contributed by atoms with van der Waals surface area (Å²) in [5.74, 6) is 2.31. The van der Waals surface area contributed by atoms with Crippen LogP contribution in [0, 0.1) is 5.41 Å². The van der Waals surface area contributed by atoms with Crippen LogP contribution in [0.2, 0.25) is 0 Å². The minimum absolute atomic E-state index is 0.0577. The van der Waals surface area contributed by atoms with Crippen LogP contribution in [0.25, 0.3) is 0 Å². The first kappa shape index (κ1) is 11.3. The maximum Gasteiger partial charge on any atom is 0.0608 e. The lowest BCUT2D eigenvalue weighted by atomic mass is 9.81. The Morgan fingerprint density at radius 2 is 2.38 bits per heavy atom. The topological polar surface area (TPSA) is 46.2 Å². The molecule has 0 aromatic rings. The fourth-order valence-corrected chi connectivity index (χ4v) is 3.01. The van der Waals surface area contributed by atoms with Crippen molar-refractivity contribution in [1.29, 1.82) is 0 Å². The second-order valence-electron chi connectivity index (χ2n) is 3.92. The Balaban J connectivity index is 2.39. The normalized spacial score (nSPS) is 33.9. The van der Waals surface area contributed by atoms with E-state index in [0.717, 1.165) is 37.2 Å². The molecule has 1 aliphatic carbocycles. The molecule has 0 spiro atoms. The van der Waals surface area contributed by atoms with Gasteiger partial charge in [0.2, 0.25) is 0 Å². The minimum Gasteiger partial charge on any atom is -0.393 e. The van der Waals surface area contributed by atoms with Crippen molar-refractivity contribution in [2.24, 2.45) is 11.1 Å². The maximum atomic E-state index is 9.85. The van der Waals surface area contributed by atoms with Gasteiger partial charge in [0.25, 0.3) is 0 Å². The molecule has 1 rings (SSSR count). The molecular weight excluding hydrogens is 182 g/mol. The van der Waals surface area contributed by atoms with E-state index in [1.165, 1.54) is 0 Å². The van der Waals surface area contributed by atoms with E-state index in [2.05, 4.69) is 6.92 Å². The fourth-order valence-electron chi connectivity index (χ4n) is 2.17. The highest BCUT2D eigenvalue weighted by Gasteiger charge is 2.39. The third-order valence-corrected chi connectivity index (χ3v) is 4.12. The summed E-state index contributed by atoms with van der Waals surface area (Å²) < 4.78 is 0. The summed E-state index contributed by atoms with van der Waals surface area (Å²) in [5.41, 5.74) is 5.83. The van der Waals surface area contributed by atoms with Crippen molar-refractivity contribution >= 4 is 11.8 Å². The average Bonchev–Trinajstić information content (AvgIpc) is 2.49. The van der Waals surface area contributed by atoms with Crippen molar-refractivity contribution in [2.45, 2.75) is 38.7 Å². The van der Waals surface area contributed by atoms with E-state index in [1.54, 1.807) is 0 Å². The molecule has 0 aromatic carbocycles. The van der Waals surface area contributed by atoms with Gasteiger partial charge < -0.3 is 10.8 Å². The average molecular weight is 203 g/mol. The highest BCUT2D eigenvalue weighted by atomic mass is 32.2. The second kappa shape index (κ2) is 5.23. The highest BCUT2D eigenvalue weighted by molar-refractivity contribution is 7.99. The molecule has 0 bridgehead atoms. The van der Waals surface area contributed by atoms with Crippen LogP contribution in [0.4, 0.5) is 0 Å². The SMILES string of the molecule is CCSCCC1(CN)CCCC1O. The largest absolute Gasteiger partial charge is 0.393 e. The zero-order valence-electron chi connectivity index (χ0n) is 8.46. The summed E-state index contributed by atoms with van der Waals surface area (Å²) in [7, 11) is 0. The molecule has 2 atom stereocenters. The van der Waals surface area contributed by atoms with Gasteiger partial charge >= 0.3 is 0 Å². The smallest absolute Gasteiger partial charge is 0.0608 e. The van der Waals surface area contributed by atoms with E-state index < -0.39 is 0 Å². The molecule has 0 heterocycles. The Kier molecular flexibility index (Phi) is 4.56. The molecule has 1 saturated carbocycles. The third kappa shape index (κ3) is 2.61. The van der Waals surface area contributed by atoms with Crippen molar-refractivity contribution < 1.29 is 5.11 Å². The van der Waals surface area contributed by atoms with Crippen LogP contribution in [-0.4, -0.2) is 29.3 Å². The molecule has 2 unspecified atom stereocenters. The summed E-state index contributed by atoms with van der Waals surface area (Å²) >= 11 is 1.94. The first-order valence-electron chi connectivity index (χ1n) is 5.21. The molecule has 3 heteroatoms. The van der Waals surface area contributed by atoms with Gasteiger partial charge in [0.15, 0.2) is 0 Å². The number of hydrogen-bond acceptors (Lipinski definition) is 3. The molecule has 1 aliphatic rings. The van der Waals surface area contributed by atoms with Crippen LogP contribution < -0.4 is 5.73 Å². The number of aliphatic hydroxyl groups is 1. The van der Waals surface area contributed by atoms with E-state index in [4.69, 9.17) is 5.73 Å². The fraction of sp³-hybridized carbons (Fsp3) is 1.00. The van der Waals surface area contributed by atoms with Gasteiger partial charge in [-0.15, -0.1) is 0 Å². The van der Waals surface area contributed by atoms with Gasteiger partial charge in [-0.2, -0.15) is 11.8 Å². The lowest BCUT2D eigenvalue weighted by molar-refractivity contribution is 0.0567. The van der Waals surface area contributed by atoms with Crippen molar-refractivity contribution in [2.75, 3.05) is 18.1 Å². The number of aliphatic hydroxyl groups excluding tert-OH is 1. The summed E-state index contributed by atoms with van der Waals surface area (Å²) in [5, 5.41) is 9.85. The van der Waals surface area contributed by atoms with Crippen LogP contribution in [0.3, 0.4) is 0 Å². The van der Waals surface area contributed by atoms with Crippen LogP contribution in [0.15, 0.2) is 0 Å². The maximum absolute atomic E-state index is 9.85. The Morgan fingerprint density at radius 1 is 1.62 bits per heavy atom. The lowest BCUT2D eigenvalue weighted by Crippen LogP contribution is -2.38. The molecule has 78 valence electrons. The summed E-state index contributed by atoms with van der Waals surface area (Å²) in [6.45, 7) is 2.82. The van der Waals surface area contributed by atoms with Gasteiger partial charge in [-0.1, -0.05) is 13.3 Å². The molecule has 1 fully saturated rings. The quantitative estimate of drug-likeness (QED) is 0.667.